The zero-order valence-corrected chi connectivity index (χ0v) is 10.5. The summed E-state index contributed by atoms with van der Waals surface area (Å²) < 4.78 is 0. The lowest BCUT2D eigenvalue weighted by molar-refractivity contribution is 0.414. The molecule has 0 atom stereocenters. The summed E-state index contributed by atoms with van der Waals surface area (Å²) in [6, 6.07) is 17.0. The Kier molecular flexibility index (Phi) is 2.85. The van der Waals surface area contributed by atoms with Crippen LogP contribution in [-0.2, 0) is 13.1 Å². The average molecular weight is 236 g/mol. The van der Waals surface area contributed by atoms with Crippen LogP contribution in [0, 0.1) is 6.92 Å². The van der Waals surface area contributed by atoms with Crippen molar-refractivity contribution in [3.05, 3.63) is 65.2 Å². The second kappa shape index (κ2) is 4.65. The molecule has 0 bridgehead atoms. The maximum absolute atomic E-state index is 4.49. The van der Waals surface area contributed by atoms with Crippen molar-refractivity contribution in [1.29, 1.82) is 0 Å². The Morgan fingerprint density at radius 2 is 1.83 bits per heavy atom. The fourth-order valence-corrected chi connectivity index (χ4v) is 2.20. The van der Waals surface area contributed by atoms with Crippen molar-refractivity contribution in [2.24, 2.45) is 4.99 Å². The normalized spacial score (nSPS) is 13.5. The number of aliphatic imine (C=N–C) groups is 1. The first-order valence-electron chi connectivity index (χ1n) is 6.23. The van der Waals surface area contributed by atoms with Gasteiger partial charge in [0.05, 0.1) is 12.0 Å². The summed E-state index contributed by atoms with van der Waals surface area (Å²) in [6.45, 7) is 3.97. The van der Waals surface area contributed by atoms with Gasteiger partial charge < -0.3 is 4.90 Å². The number of fused-ring (bicyclic) bond motifs is 1. The predicted molar refractivity (Wildman–Crippen MR) is 75.0 cm³/mol. The maximum atomic E-state index is 4.49. The van der Waals surface area contributed by atoms with E-state index in [-0.39, 0.29) is 0 Å². The molecule has 0 radical (unpaired) electrons. The zero-order chi connectivity index (χ0) is 12.4. The Hall–Kier alpha value is -2.09. The first-order chi connectivity index (χ1) is 8.81. The third-order valence-corrected chi connectivity index (χ3v) is 3.23. The highest BCUT2D eigenvalue weighted by Gasteiger charge is 2.10. The molecule has 2 aromatic rings. The van der Waals surface area contributed by atoms with E-state index in [1.165, 1.54) is 16.7 Å². The Morgan fingerprint density at radius 3 is 2.67 bits per heavy atom. The number of hydrogen-bond donors (Lipinski definition) is 0. The molecule has 2 heteroatoms. The standard InChI is InChI=1S/C16H16N2/c1-13-6-8-14(9-7-13)10-18-11-15-4-2-3-5-16(15)17-12-18/h2-9,12H,10-11H2,1H3. The molecule has 0 amide bonds. The Bertz CT molecular complexity index is 570. The minimum Gasteiger partial charge on any atom is -0.354 e. The van der Waals surface area contributed by atoms with Crippen molar-refractivity contribution >= 4 is 12.0 Å². The summed E-state index contributed by atoms with van der Waals surface area (Å²) in [5.74, 6) is 0. The van der Waals surface area contributed by atoms with Crippen LogP contribution in [-0.4, -0.2) is 11.2 Å². The van der Waals surface area contributed by atoms with Gasteiger partial charge in [-0.3, -0.25) is 0 Å². The lowest BCUT2D eigenvalue weighted by atomic mass is 10.1. The molecule has 0 spiro atoms. The van der Waals surface area contributed by atoms with Crippen molar-refractivity contribution in [1.82, 2.24) is 4.90 Å². The molecular weight excluding hydrogens is 220 g/mol. The SMILES string of the molecule is Cc1ccc(CN2C=Nc3ccccc3C2)cc1. The molecule has 0 saturated heterocycles. The topological polar surface area (TPSA) is 15.6 Å². The molecule has 0 fully saturated rings. The second-order valence-electron chi connectivity index (χ2n) is 4.76. The third-order valence-electron chi connectivity index (χ3n) is 3.23. The Balaban J connectivity index is 1.75. The predicted octanol–water partition coefficient (Wildman–Crippen LogP) is 3.67. The molecule has 18 heavy (non-hydrogen) atoms. The van der Waals surface area contributed by atoms with Gasteiger partial charge in [-0.25, -0.2) is 4.99 Å². The first kappa shape index (κ1) is 11.0. The van der Waals surface area contributed by atoms with E-state index < -0.39 is 0 Å². The third kappa shape index (κ3) is 2.28. The van der Waals surface area contributed by atoms with Gasteiger partial charge in [0.15, 0.2) is 0 Å². The van der Waals surface area contributed by atoms with Gasteiger partial charge in [-0.15, -0.1) is 0 Å². The monoisotopic (exact) mass is 236 g/mol. The number of hydrogen-bond acceptors (Lipinski definition) is 2. The van der Waals surface area contributed by atoms with Crippen molar-refractivity contribution in [3.63, 3.8) is 0 Å². The molecule has 0 unspecified atom stereocenters. The van der Waals surface area contributed by atoms with Crippen molar-refractivity contribution in [2.45, 2.75) is 20.0 Å². The minimum absolute atomic E-state index is 0.915. The van der Waals surface area contributed by atoms with Gasteiger partial charge in [0.25, 0.3) is 0 Å². The van der Waals surface area contributed by atoms with Crippen LogP contribution in [0.4, 0.5) is 5.69 Å². The molecule has 3 rings (SSSR count). The number of rotatable bonds is 2. The summed E-state index contributed by atoms with van der Waals surface area (Å²) in [6.07, 6.45) is 1.95. The minimum atomic E-state index is 0.915. The van der Waals surface area contributed by atoms with E-state index in [1.807, 2.05) is 12.4 Å². The fourth-order valence-electron chi connectivity index (χ4n) is 2.20. The lowest BCUT2D eigenvalue weighted by Crippen LogP contribution is -2.23. The zero-order valence-electron chi connectivity index (χ0n) is 10.5. The van der Waals surface area contributed by atoms with E-state index in [9.17, 15) is 0 Å². The molecule has 90 valence electrons. The van der Waals surface area contributed by atoms with Gasteiger partial charge in [0.1, 0.15) is 0 Å². The molecule has 1 aliphatic heterocycles. The molecule has 0 aliphatic carbocycles. The Labute approximate surface area is 108 Å². The highest BCUT2D eigenvalue weighted by Crippen LogP contribution is 2.24. The molecule has 2 aromatic carbocycles. The van der Waals surface area contributed by atoms with Crippen molar-refractivity contribution in [2.75, 3.05) is 0 Å². The number of benzene rings is 2. The molecule has 1 heterocycles. The van der Waals surface area contributed by atoms with Gasteiger partial charge in [0.2, 0.25) is 0 Å². The molecular formula is C16H16N2. The highest BCUT2D eigenvalue weighted by molar-refractivity contribution is 5.66. The summed E-state index contributed by atoms with van der Waals surface area (Å²) in [5, 5.41) is 0. The second-order valence-corrected chi connectivity index (χ2v) is 4.76. The Morgan fingerprint density at radius 1 is 1.06 bits per heavy atom. The smallest absolute Gasteiger partial charge is 0.0918 e. The van der Waals surface area contributed by atoms with E-state index >= 15 is 0 Å². The largest absolute Gasteiger partial charge is 0.354 e. The highest BCUT2D eigenvalue weighted by atomic mass is 15.2. The summed E-state index contributed by atoms with van der Waals surface area (Å²) in [5.41, 5.74) is 5.02. The average Bonchev–Trinajstić information content (AvgIpc) is 2.41. The van der Waals surface area contributed by atoms with Crippen molar-refractivity contribution in [3.8, 4) is 0 Å². The van der Waals surface area contributed by atoms with E-state index in [0.29, 0.717) is 0 Å². The number of aryl methyl sites for hydroxylation is 1. The number of para-hydroxylation sites is 1. The first-order valence-corrected chi connectivity index (χ1v) is 6.23. The van der Waals surface area contributed by atoms with E-state index in [2.05, 4.69) is 59.3 Å². The summed E-state index contributed by atoms with van der Waals surface area (Å²) in [4.78, 5) is 6.73. The van der Waals surface area contributed by atoms with Gasteiger partial charge in [-0.2, -0.15) is 0 Å². The number of nitrogens with zero attached hydrogens (tertiary/aromatic N) is 2. The van der Waals surface area contributed by atoms with Crippen LogP contribution in [0.5, 0.6) is 0 Å². The fraction of sp³-hybridized carbons (Fsp3) is 0.188. The van der Waals surface area contributed by atoms with E-state index in [4.69, 9.17) is 0 Å². The van der Waals surface area contributed by atoms with Crippen LogP contribution in [0.15, 0.2) is 53.5 Å². The van der Waals surface area contributed by atoms with Crippen LogP contribution in [0.3, 0.4) is 0 Å². The van der Waals surface area contributed by atoms with Crippen LogP contribution in [0.1, 0.15) is 16.7 Å². The van der Waals surface area contributed by atoms with Crippen LogP contribution in [0.2, 0.25) is 0 Å². The van der Waals surface area contributed by atoms with Gasteiger partial charge in [0, 0.05) is 13.1 Å². The summed E-state index contributed by atoms with van der Waals surface area (Å²) >= 11 is 0. The van der Waals surface area contributed by atoms with Crippen molar-refractivity contribution < 1.29 is 0 Å². The van der Waals surface area contributed by atoms with Gasteiger partial charge in [-0.05, 0) is 24.1 Å². The van der Waals surface area contributed by atoms with E-state index in [0.717, 1.165) is 18.8 Å². The molecule has 0 aromatic heterocycles. The van der Waals surface area contributed by atoms with Crippen LogP contribution in [0.25, 0.3) is 0 Å². The van der Waals surface area contributed by atoms with Crippen LogP contribution >= 0.6 is 0 Å². The van der Waals surface area contributed by atoms with Gasteiger partial charge in [-0.1, -0.05) is 48.0 Å². The quantitative estimate of drug-likeness (QED) is 0.776. The molecule has 0 saturated carbocycles. The lowest BCUT2D eigenvalue weighted by Gasteiger charge is -2.24. The summed E-state index contributed by atoms with van der Waals surface area (Å²) in [7, 11) is 0. The molecule has 0 N–H and O–H groups in total. The maximum Gasteiger partial charge on any atom is 0.0918 e. The van der Waals surface area contributed by atoms with Gasteiger partial charge >= 0.3 is 0 Å². The van der Waals surface area contributed by atoms with Crippen LogP contribution < -0.4 is 0 Å². The molecule has 2 nitrogen and oxygen atoms in total. The molecule has 1 aliphatic rings. The van der Waals surface area contributed by atoms with E-state index in [1.54, 1.807) is 0 Å².